The van der Waals surface area contributed by atoms with Crippen LogP contribution in [0.25, 0.3) is 0 Å². The van der Waals surface area contributed by atoms with Gasteiger partial charge in [-0.25, -0.2) is 9.78 Å². The van der Waals surface area contributed by atoms with Gasteiger partial charge in [-0.3, -0.25) is 4.90 Å². The van der Waals surface area contributed by atoms with Crippen molar-refractivity contribution in [2.45, 2.75) is 31.0 Å². The second-order valence-corrected chi connectivity index (χ2v) is 12.7. The predicted octanol–water partition coefficient (Wildman–Crippen LogP) is 6.90. The van der Waals surface area contributed by atoms with Crippen molar-refractivity contribution in [2.75, 3.05) is 31.1 Å². The van der Waals surface area contributed by atoms with Crippen LogP contribution in [0.4, 0.5) is 9.93 Å². The number of fused-ring (bicyclic) bond motifs is 1. The van der Waals surface area contributed by atoms with E-state index >= 15 is 0 Å². The highest BCUT2D eigenvalue weighted by Gasteiger charge is 2.44. The van der Waals surface area contributed by atoms with Crippen LogP contribution < -0.4 is 4.90 Å². The third-order valence-electron chi connectivity index (χ3n) is 9.08. The Balaban J connectivity index is 1.22. The van der Waals surface area contributed by atoms with Gasteiger partial charge < -0.3 is 14.9 Å². The highest BCUT2D eigenvalue weighted by molar-refractivity contribution is 7.15. The van der Waals surface area contributed by atoms with E-state index in [-0.39, 0.29) is 6.04 Å². The zero-order valence-corrected chi connectivity index (χ0v) is 25.4. The fourth-order valence-electron chi connectivity index (χ4n) is 7.03. The first-order valence-corrected chi connectivity index (χ1v) is 16.1. The quantitative estimate of drug-likeness (QED) is 0.206. The second kappa shape index (κ2) is 12.3. The van der Waals surface area contributed by atoms with Crippen LogP contribution in [0, 0.1) is 0 Å². The zero-order valence-electron chi connectivity index (χ0n) is 24.6. The first-order chi connectivity index (χ1) is 21.6. The van der Waals surface area contributed by atoms with Gasteiger partial charge in [-0.1, -0.05) is 121 Å². The van der Waals surface area contributed by atoms with Gasteiger partial charge in [-0.2, -0.15) is 0 Å². The number of benzene rings is 4. The maximum absolute atomic E-state index is 12.1. The van der Waals surface area contributed by atoms with Crippen molar-refractivity contribution in [3.63, 3.8) is 0 Å². The third-order valence-corrected chi connectivity index (χ3v) is 10.2. The minimum atomic E-state index is -0.848. The molecule has 1 amide bonds. The summed E-state index contributed by atoms with van der Waals surface area (Å²) in [7, 11) is 0. The van der Waals surface area contributed by atoms with Gasteiger partial charge in [-0.15, -0.1) is 11.3 Å². The molecule has 6 nitrogen and oxygen atoms in total. The summed E-state index contributed by atoms with van der Waals surface area (Å²) in [6.07, 6.45) is 0.706. The van der Waals surface area contributed by atoms with Crippen molar-refractivity contribution >= 4 is 22.6 Å². The lowest BCUT2D eigenvalue weighted by molar-refractivity contribution is 0.118. The Kier molecular flexibility index (Phi) is 7.90. The van der Waals surface area contributed by atoms with E-state index in [4.69, 9.17) is 4.98 Å². The minimum absolute atomic E-state index is 0.122. The fourth-order valence-corrected chi connectivity index (χ4v) is 8.19. The Hall–Kier alpha value is -4.46. The van der Waals surface area contributed by atoms with Crippen LogP contribution in [0.15, 0.2) is 121 Å². The largest absolute Gasteiger partial charge is 0.465 e. The number of thiazole rings is 1. The third kappa shape index (κ3) is 5.27. The molecule has 0 saturated carbocycles. The van der Waals surface area contributed by atoms with E-state index in [9.17, 15) is 9.90 Å². The standard InChI is InChI=1S/C37H36N4O2S/c42-36(43)41-24-23-39(26-32(41)25-28-13-5-1-6-14-28)35-38-33-21-22-40(27-34(33)44-35)37(29-15-7-2-8-16-29,30-17-9-3-10-18-30)31-19-11-4-12-20-31/h1-20,32H,21-27H2,(H,42,43). The van der Waals surface area contributed by atoms with Crippen molar-refractivity contribution < 1.29 is 9.90 Å². The Morgan fingerprint density at radius 3 is 1.86 bits per heavy atom. The van der Waals surface area contributed by atoms with Gasteiger partial charge in [0, 0.05) is 44.0 Å². The van der Waals surface area contributed by atoms with Gasteiger partial charge in [0.2, 0.25) is 0 Å². The van der Waals surface area contributed by atoms with Crippen LogP contribution in [0.1, 0.15) is 32.8 Å². The molecule has 0 aliphatic carbocycles. The molecule has 2 aliphatic rings. The molecule has 1 atom stereocenters. The first-order valence-electron chi connectivity index (χ1n) is 15.3. The number of anilines is 1. The summed E-state index contributed by atoms with van der Waals surface area (Å²) in [6, 6.07) is 42.7. The smallest absolute Gasteiger partial charge is 0.407 e. The van der Waals surface area contributed by atoms with E-state index < -0.39 is 11.6 Å². The highest BCUT2D eigenvalue weighted by atomic mass is 32.1. The maximum atomic E-state index is 12.1. The van der Waals surface area contributed by atoms with E-state index in [1.54, 1.807) is 16.2 Å². The molecule has 7 heteroatoms. The molecule has 1 unspecified atom stereocenters. The molecule has 44 heavy (non-hydrogen) atoms. The van der Waals surface area contributed by atoms with E-state index in [0.717, 1.165) is 30.2 Å². The Morgan fingerprint density at radius 2 is 1.32 bits per heavy atom. The van der Waals surface area contributed by atoms with Gasteiger partial charge in [0.15, 0.2) is 5.13 Å². The average molecular weight is 601 g/mol. The van der Waals surface area contributed by atoms with E-state index in [1.807, 2.05) is 18.2 Å². The van der Waals surface area contributed by atoms with Crippen molar-refractivity contribution in [1.82, 2.24) is 14.8 Å². The van der Waals surface area contributed by atoms with Crippen LogP contribution in [-0.4, -0.2) is 58.2 Å². The van der Waals surface area contributed by atoms with Crippen molar-refractivity contribution in [3.05, 3.63) is 154 Å². The summed E-state index contributed by atoms with van der Waals surface area (Å²) >= 11 is 1.77. The number of piperazine rings is 1. The summed E-state index contributed by atoms with van der Waals surface area (Å²) < 4.78 is 0. The molecule has 4 aromatic carbocycles. The average Bonchev–Trinajstić information content (AvgIpc) is 3.51. The lowest BCUT2D eigenvalue weighted by Gasteiger charge is -2.47. The molecule has 0 bridgehead atoms. The van der Waals surface area contributed by atoms with Crippen LogP contribution >= 0.6 is 11.3 Å². The lowest BCUT2D eigenvalue weighted by Crippen LogP contribution is -2.55. The molecular weight excluding hydrogens is 565 g/mol. The van der Waals surface area contributed by atoms with E-state index in [2.05, 4.69) is 113 Å². The highest BCUT2D eigenvalue weighted by Crippen LogP contribution is 2.45. The summed E-state index contributed by atoms with van der Waals surface area (Å²) in [5, 5.41) is 11.0. The van der Waals surface area contributed by atoms with Gasteiger partial charge in [0.05, 0.1) is 17.3 Å². The first kappa shape index (κ1) is 28.3. The Morgan fingerprint density at radius 1 is 0.773 bits per heavy atom. The summed E-state index contributed by atoms with van der Waals surface area (Å²) in [4.78, 5) is 25.1. The molecule has 5 aromatic rings. The second-order valence-electron chi connectivity index (χ2n) is 11.6. The maximum Gasteiger partial charge on any atom is 0.407 e. The summed E-state index contributed by atoms with van der Waals surface area (Å²) in [5.74, 6) is 0. The molecule has 0 spiro atoms. The van der Waals surface area contributed by atoms with E-state index in [1.165, 1.54) is 27.3 Å². The lowest BCUT2D eigenvalue weighted by atomic mass is 9.75. The Bertz CT molecular complexity index is 1600. The monoisotopic (exact) mass is 600 g/mol. The molecule has 1 saturated heterocycles. The SMILES string of the molecule is O=C(O)N1CCN(c2nc3c(s2)CN(C(c2ccccc2)(c2ccccc2)c2ccccc2)CC3)CC1Cc1ccccc1. The summed E-state index contributed by atoms with van der Waals surface area (Å²) in [6.45, 7) is 3.42. The number of aromatic nitrogens is 1. The number of amides is 1. The number of hydrogen-bond acceptors (Lipinski definition) is 5. The zero-order chi connectivity index (χ0) is 29.9. The molecule has 1 fully saturated rings. The molecule has 7 rings (SSSR count). The Labute approximate surface area is 262 Å². The fraction of sp³-hybridized carbons (Fsp3) is 0.243. The topological polar surface area (TPSA) is 59.9 Å². The normalized spacial score (nSPS) is 17.3. The molecular formula is C37H36N4O2S. The van der Waals surface area contributed by atoms with Crippen molar-refractivity contribution in [2.24, 2.45) is 0 Å². The van der Waals surface area contributed by atoms with Gasteiger partial charge in [0.1, 0.15) is 0 Å². The molecule has 2 aliphatic heterocycles. The molecule has 1 N–H and O–H groups in total. The van der Waals surface area contributed by atoms with Gasteiger partial charge in [0.25, 0.3) is 0 Å². The van der Waals surface area contributed by atoms with Crippen LogP contribution in [-0.2, 0) is 24.9 Å². The molecule has 0 radical (unpaired) electrons. The van der Waals surface area contributed by atoms with Gasteiger partial charge >= 0.3 is 6.09 Å². The van der Waals surface area contributed by atoms with Gasteiger partial charge in [-0.05, 0) is 28.7 Å². The molecule has 222 valence electrons. The van der Waals surface area contributed by atoms with Crippen LogP contribution in [0.2, 0.25) is 0 Å². The number of carboxylic acid groups (broad SMARTS) is 1. The molecule has 3 heterocycles. The van der Waals surface area contributed by atoms with Crippen LogP contribution in [0.5, 0.6) is 0 Å². The number of nitrogens with zero attached hydrogens (tertiary/aromatic N) is 4. The number of carbonyl (C=O) groups is 1. The van der Waals surface area contributed by atoms with E-state index in [0.29, 0.717) is 26.1 Å². The summed E-state index contributed by atoms with van der Waals surface area (Å²) in [5.41, 5.74) is 5.61. The number of rotatable bonds is 7. The minimum Gasteiger partial charge on any atom is -0.465 e. The van der Waals surface area contributed by atoms with Crippen LogP contribution in [0.3, 0.4) is 0 Å². The molecule has 1 aromatic heterocycles. The number of hydrogen-bond donors (Lipinski definition) is 1. The van der Waals surface area contributed by atoms with Crippen molar-refractivity contribution in [3.8, 4) is 0 Å². The predicted molar refractivity (Wildman–Crippen MR) is 176 cm³/mol. The van der Waals surface area contributed by atoms with Crippen molar-refractivity contribution in [1.29, 1.82) is 0 Å².